The van der Waals surface area contributed by atoms with Crippen LogP contribution in [0.5, 0.6) is 0 Å². The summed E-state index contributed by atoms with van der Waals surface area (Å²) < 4.78 is 19.5. The van der Waals surface area contributed by atoms with Crippen molar-refractivity contribution in [2.45, 2.75) is 25.0 Å². The molecule has 0 aliphatic carbocycles. The van der Waals surface area contributed by atoms with Crippen LogP contribution in [0.2, 0.25) is 5.02 Å². The first kappa shape index (κ1) is 16.3. The second-order valence-corrected chi connectivity index (χ2v) is 7.01. The fourth-order valence-corrected chi connectivity index (χ4v) is 3.42. The van der Waals surface area contributed by atoms with E-state index in [-0.39, 0.29) is 11.8 Å². The molecule has 0 aromatic heterocycles. The molecule has 2 atom stereocenters. The Morgan fingerprint density at radius 1 is 1.30 bits per heavy atom. The van der Waals surface area contributed by atoms with Crippen molar-refractivity contribution in [2.24, 2.45) is 0 Å². The summed E-state index contributed by atoms with van der Waals surface area (Å²) in [6.45, 7) is 1.82. The summed E-state index contributed by atoms with van der Waals surface area (Å²) in [5.74, 6) is -0.672. The fraction of sp³-hybridized carbons (Fsp3) is 0.235. The number of ether oxygens (including phenoxy) is 1. The lowest BCUT2D eigenvalue weighted by Gasteiger charge is -2.23. The van der Waals surface area contributed by atoms with Crippen LogP contribution < -0.4 is 5.32 Å². The molecule has 1 saturated heterocycles. The Morgan fingerprint density at radius 2 is 2.00 bits per heavy atom. The molecule has 0 radical (unpaired) electrons. The van der Waals surface area contributed by atoms with Gasteiger partial charge in [0.2, 0.25) is 0 Å². The molecule has 1 fully saturated rings. The second-order valence-electron chi connectivity index (χ2n) is 5.68. The largest absolute Gasteiger partial charge is 0.453 e. The van der Waals surface area contributed by atoms with Gasteiger partial charge in [0.05, 0.1) is 10.7 Å². The lowest BCUT2D eigenvalue weighted by atomic mass is 9.91. The van der Waals surface area contributed by atoms with Crippen molar-refractivity contribution in [1.82, 2.24) is 0 Å². The highest BCUT2D eigenvalue weighted by molar-refractivity contribution is 9.10. The molecule has 120 valence electrons. The topological polar surface area (TPSA) is 38.3 Å². The average Bonchev–Trinajstić information content (AvgIpc) is 2.78. The number of anilines is 1. The van der Waals surface area contributed by atoms with Crippen molar-refractivity contribution in [1.29, 1.82) is 0 Å². The van der Waals surface area contributed by atoms with Gasteiger partial charge in [0.25, 0.3) is 0 Å². The lowest BCUT2D eigenvalue weighted by molar-refractivity contribution is -0.148. The standard InChI is InChI=1S/C17H14BrClFNO2/c1-17(10-2-5-12(20)6-3-10)9-15(16(22)23-17)21-14-7-4-11(18)8-13(14)19/h2-8,15,21H,9H2,1H3. The normalized spacial score (nSPS) is 23.7. The van der Waals surface area contributed by atoms with E-state index in [4.69, 9.17) is 16.3 Å². The van der Waals surface area contributed by atoms with Gasteiger partial charge in [0.1, 0.15) is 17.5 Å². The van der Waals surface area contributed by atoms with Gasteiger partial charge >= 0.3 is 5.97 Å². The fourth-order valence-electron chi connectivity index (χ4n) is 2.69. The maximum Gasteiger partial charge on any atom is 0.329 e. The zero-order valence-electron chi connectivity index (χ0n) is 12.3. The van der Waals surface area contributed by atoms with E-state index in [2.05, 4.69) is 21.2 Å². The van der Waals surface area contributed by atoms with E-state index in [1.165, 1.54) is 12.1 Å². The van der Waals surface area contributed by atoms with Crippen LogP contribution in [0.15, 0.2) is 46.9 Å². The van der Waals surface area contributed by atoms with Gasteiger partial charge in [-0.3, -0.25) is 0 Å². The number of hydrogen-bond acceptors (Lipinski definition) is 3. The smallest absolute Gasteiger partial charge is 0.329 e. The molecule has 2 aromatic carbocycles. The number of halogens is 3. The Bertz CT molecular complexity index is 753. The molecule has 2 aromatic rings. The van der Waals surface area contributed by atoms with Gasteiger partial charge in [-0.15, -0.1) is 0 Å². The summed E-state index contributed by atoms with van der Waals surface area (Å²) in [6.07, 6.45) is 0.434. The van der Waals surface area contributed by atoms with Crippen LogP contribution in [-0.4, -0.2) is 12.0 Å². The molecule has 0 spiro atoms. The van der Waals surface area contributed by atoms with E-state index in [1.807, 2.05) is 13.0 Å². The number of esters is 1. The predicted molar refractivity (Wildman–Crippen MR) is 91.0 cm³/mol. The van der Waals surface area contributed by atoms with E-state index in [9.17, 15) is 9.18 Å². The van der Waals surface area contributed by atoms with Gasteiger partial charge in [-0.2, -0.15) is 0 Å². The number of hydrogen-bond donors (Lipinski definition) is 1. The molecule has 1 heterocycles. The molecule has 2 unspecified atom stereocenters. The summed E-state index contributed by atoms with van der Waals surface area (Å²) in [6, 6.07) is 10.9. The minimum atomic E-state index is -0.787. The van der Waals surface area contributed by atoms with E-state index >= 15 is 0 Å². The summed E-state index contributed by atoms with van der Waals surface area (Å²) in [4.78, 5) is 12.2. The van der Waals surface area contributed by atoms with E-state index in [1.54, 1.807) is 24.3 Å². The molecule has 3 rings (SSSR count). The highest BCUT2D eigenvalue weighted by atomic mass is 79.9. The lowest BCUT2D eigenvalue weighted by Crippen LogP contribution is -2.25. The molecule has 3 nitrogen and oxygen atoms in total. The van der Waals surface area contributed by atoms with Gasteiger partial charge in [-0.1, -0.05) is 39.7 Å². The minimum Gasteiger partial charge on any atom is -0.453 e. The zero-order chi connectivity index (χ0) is 16.6. The minimum absolute atomic E-state index is 0.321. The van der Waals surface area contributed by atoms with Crippen LogP contribution in [-0.2, 0) is 15.1 Å². The first-order chi connectivity index (χ1) is 10.9. The van der Waals surface area contributed by atoms with Crippen LogP contribution in [0, 0.1) is 5.82 Å². The highest BCUT2D eigenvalue weighted by Gasteiger charge is 2.44. The number of nitrogens with one attached hydrogen (secondary N) is 1. The molecule has 0 saturated carbocycles. The summed E-state index contributed by atoms with van der Waals surface area (Å²) in [7, 11) is 0. The number of carbonyl (C=O) groups excluding carboxylic acids is 1. The Balaban J connectivity index is 1.80. The number of carbonyl (C=O) groups is 1. The Hall–Kier alpha value is -1.59. The Morgan fingerprint density at radius 3 is 2.65 bits per heavy atom. The Labute approximate surface area is 146 Å². The third-order valence-corrected chi connectivity index (χ3v) is 4.73. The van der Waals surface area contributed by atoms with E-state index < -0.39 is 11.6 Å². The van der Waals surface area contributed by atoms with Crippen molar-refractivity contribution >= 4 is 39.2 Å². The van der Waals surface area contributed by atoms with Gasteiger partial charge in [0, 0.05) is 10.9 Å². The van der Waals surface area contributed by atoms with Gasteiger partial charge < -0.3 is 10.1 Å². The van der Waals surface area contributed by atoms with Crippen molar-refractivity contribution in [3.8, 4) is 0 Å². The van der Waals surface area contributed by atoms with Gasteiger partial charge in [-0.25, -0.2) is 9.18 Å². The van der Waals surface area contributed by atoms with Crippen LogP contribution >= 0.6 is 27.5 Å². The summed E-state index contributed by atoms with van der Waals surface area (Å²) in [5, 5.41) is 3.64. The second kappa shape index (κ2) is 6.13. The monoisotopic (exact) mass is 397 g/mol. The van der Waals surface area contributed by atoms with Crippen molar-refractivity contribution in [2.75, 3.05) is 5.32 Å². The van der Waals surface area contributed by atoms with Crippen LogP contribution in [0.1, 0.15) is 18.9 Å². The SMILES string of the molecule is CC1(c2ccc(F)cc2)CC(Nc2ccc(Br)cc2Cl)C(=O)O1. The van der Waals surface area contributed by atoms with E-state index in [0.717, 1.165) is 10.0 Å². The quantitative estimate of drug-likeness (QED) is 0.749. The molecule has 0 amide bonds. The molecule has 6 heteroatoms. The molecular weight excluding hydrogens is 385 g/mol. The molecule has 1 N–H and O–H groups in total. The van der Waals surface area contributed by atoms with Crippen molar-refractivity contribution in [3.63, 3.8) is 0 Å². The Kier molecular flexibility index (Phi) is 4.34. The van der Waals surface area contributed by atoms with Gasteiger partial charge in [-0.05, 0) is 42.8 Å². The summed E-state index contributed by atoms with van der Waals surface area (Å²) >= 11 is 9.52. The molecule has 23 heavy (non-hydrogen) atoms. The number of cyclic esters (lactones) is 1. The van der Waals surface area contributed by atoms with E-state index in [0.29, 0.717) is 17.1 Å². The molecular formula is C17H14BrClFNO2. The average molecular weight is 399 g/mol. The molecule has 1 aliphatic rings. The van der Waals surface area contributed by atoms with Crippen LogP contribution in [0.3, 0.4) is 0 Å². The molecule has 1 aliphatic heterocycles. The van der Waals surface area contributed by atoms with Crippen molar-refractivity contribution in [3.05, 3.63) is 63.3 Å². The zero-order valence-corrected chi connectivity index (χ0v) is 14.6. The number of rotatable bonds is 3. The van der Waals surface area contributed by atoms with Gasteiger partial charge in [0.15, 0.2) is 0 Å². The van der Waals surface area contributed by atoms with Crippen molar-refractivity contribution < 1.29 is 13.9 Å². The van der Waals surface area contributed by atoms with Crippen LogP contribution in [0.4, 0.5) is 10.1 Å². The third-order valence-electron chi connectivity index (χ3n) is 3.92. The highest BCUT2D eigenvalue weighted by Crippen LogP contribution is 2.38. The maximum atomic E-state index is 13.1. The third kappa shape index (κ3) is 3.35. The number of benzene rings is 2. The summed E-state index contributed by atoms with van der Waals surface area (Å²) in [5.41, 5.74) is 0.642. The predicted octanol–water partition coefficient (Wildman–Crippen LogP) is 4.88. The molecule has 0 bridgehead atoms. The first-order valence-electron chi connectivity index (χ1n) is 7.08. The van der Waals surface area contributed by atoms with Crippen LogP contribution in [0.25, 0.3) is 0 Å². The first-order valence-corrected chi connectivity index (χ1v) is 8.25. The maximum absolute atomic E-state index is 13.1.